The Morgan fingerprint density at radius 2 is 1.69 bits per heavy atom. The van der Waals surface area contributed by atoms with Crippen LogP contribution in [0.2, 0.25) is 0 Å². The topological polar surface area (TPSA) is 18.5 Å². The van der Waals surface area contributed by atoms with Gasteiger partial charge in [-0.25, -0.2) is 0 Å². The third-order valence-electron chi connectivity index (χ3n) is 3.72. The van der Waals surface area contributed by atoms with Crippen LogP contribution in [-0.4, -0.2) is 62.7 Å². The Morgan fingerprint density at radius 1 is 1.12 bits per heavy atom. The van der Waals surface area contributed by atoms with E-state index in [0.717, 1.165) is 0 Å². The Balaban J connectivity index is 2.28. The van der Waals surface area contributed by atoms with Crippen molar-refractivity contribution in [1.82, 2.24) is 15.1 Å². The molecule has 1 aliphatic heterocycles. The van der Waals surface area contributed by atoms with Gasteiger partial charge in [-0.1, -0.05) is 20.8 Å². The first-order valence-electron chi connectivity index (χ1n) is 6.51. The monoisotopic (exact) mass is 227 g/mol. The third-order valence-corrected chi connectivity index (χ3v) is 3.72. The molecule has 16 heavy (non-hydrogen) atoms. The molecular weight excluding hydrogens is 198 g/mol. The predicted molar refractivity (Wildman–Crippen MR) is 70.9 cm³/mol. The van der Waals surface area contributed by atoms with Gasteiger partial charge in [0.25, 0.3) is 0 Å². The van der Waals surface area contributed by atoms with E-state index in [1.807, 2.05) is 0 Å². The van der Waals surface area contributed by atoms with Crippen LogP contribution >= 0.6 is 0 Å². The summed E-state index contributed by atoms with van der Waals surface area (Å²) in [5.41, 5.74) is 0.362. The summed E-state index contributed by atoms with van der Waals surface area (Å²) in [5.74, 6) is 0. The van der Waals surface area contributed by atoms with Gasteiger partial charge < -0.3 is 15.1 Å². The van der Waals surface area contributed by atoms with Crippen molar-refractivity contribution in [3.8, 4) is 0 Å². The van der Waals surface area contributed by atoms with E-state index in [9.17, 15) is 0 Å². The van der Waals surface area contributed by atoms with Crippen molar-refractivity contribution in [2.75, 3.05) is 46.8 Å². The Morgan fingerprint density at radius 3 is 2.12 bits per heavy atom. The van der Waals surface area contributed by atoms with E-state index in [0.29, 0.717) is 11.5 Å². The van der Waals surface area contributed by atoms with Crippen LogP contribution in [0, 0.1) is 5.41 Å². The van der Waals surface area contributed by atoms with Gasteiger partial charge >= 0.3 is 0 Å². The fourth-order valence-corrected chi connectivity index (χ4v) is 2.39. The summed E-state index contributed by atoms with van der Waals surface area (Å²) in [7, 11) is 4.29. The number of likely N-dealkylation sites (N-methyl/N-ethyl adjacent to an activating group) is 1. The lowest BCUT2D eigenvalue weighted by atomic mass is 9.85. The lowest BCUT2D eigenvalue weighted by Crippen LogP contribution is -2.47. The van der Waals surface area contributed by atoms with Gasteiger partial charge in [-0.3, -0.25) is 0 Å². The fourth-order valence-electron chi connectivity index (χ4n) is 2.39. The Hall–Kier alpha value is -0.120. The van der Waals surface area contributed by atoms with Gasteiger partial charge in [0.1, 0.15) is 0 Å². The van der Waals surface area contributed by atoms with Crippen LogP contribution < -0.4 is 5.32 Å². The summed E-state index contributed by atoms with van der Waals surface area (Å²) in [5, 5.41) is 3.45. The van der Waals surface area contributed by atoms with E-state index >= 15 is 0 Å². The molecular formula is C13H29N3. The van der Waals surface area contributed by atoms with Crippen LogP contribution in [0.15, 0.2) is 0 Å². The standard InChI is InChI=1S/C13H29N3/c1-13(2,3)12(14-4)6-7-16-10-8-15(5)9-11-16/h12,14H,6-11H2,1-5H3. The van der Waals surface area contributed by atoms with Crippen LogP contribution in [-0.2, 0) is 0 Å². The van der Waals surface area contributed by atoms with Crippen LogP contribution in [0.25, 0.3) is 0 Å². The maximum absolute atomic E-state index is 3.45. The molecule has 0 saturated carbocycles. The highest BCUT2D eigenvalue weighted by Crippen LogP contribution is 2.21. The van der Waals surface area contributed by atoms with Crippen molar-refractivity contribution < 1.29 is 0 Å². The molecule has 0 aromatic carbocycles. The number of hydrogen-bond donors (Lipinski definition) is 1. The van der Waals surface area contributed by atoms with E-state index < -0.39 is 0 Å². The summed E-state index contributed by atoms with van der Waals surface area (Å²) in [6.45, 7) is 13.1. The highest BCUT2D eigenvalue weighted by Gasteiger charge is 2.23. The molecule has 1 saturated heterocycles. The summed E-state index contributed by atoms with van der Waals surface area (Å²) < 4.78 is 0. The van der Waals surface area contributed by atoms with Crippen molar-refractivity contribution in [3.05, 3.63) is 0 Å². The Bertz CT molecular complexity index is 190. The van der Waals surface area contributed by atoms with E-state index in [1.165, 1.54) is 39.1 Å². The lowest BCUT2D eigenvalue weighted by Gasteiger charge is -2.36. The van der Waals surface area contributed by atoms with E-state index in [2.05, 4.69) is 50.0 Å². The van der Waals surface area contributed by atoms with Gasteiger partial charge in [-0.05, 0) is 32.5 Å². The minimum Gasteiger partial charge on any atom is -0.316 e. The Kier molecular flexibility index (Phi) is 5.22. The highest BCUT2D eigenvalue weighted by atomic mass is 15.2. The molecule has 0 amide bonds. The molecule has 96 valence electrons. The molecule has 0 aromatic rings. The van der Waals surface area contributed by atoms with Crippen molar-refractivity contribution in [2.24, 2.45) is 5.41 Å². The summed E-state index contributed by atoms with van der Waals surface area (Å²) in [6.07, 6.45) is 1.25. The van der Waals surface area contributed by atoms with E-state index in [-0.39, 0.29) is 0 Å². The van der Waals surface area contributed by atoms with Gasteiger partial charge in [0.05, 0.1) is 0 Å². The molecule has 3 nitrogen and oxygen atoms in total. The molecule has 0 spiro atoms. The maximum Gasteiger partial charge on any atom is 0.0125 e. The van der Waals surface area contributed by atoms with Gasteiger partial charge in [-0.15, -0.1) is 0 Å². The van der Waals surface area contributed by atoms with Crippen molar-refractivity contribution in [1.29, 1.82) is 0 Å². The van der Waals surface area contributed by atoms with Crippen molar-refractivity contribution >= 4 is 0 Å². The van der Waals surface area contributed by atoms with Crippen LogP contribution in [0.1, 0.15) is 27.2 Å². The molecule has 1 heterocycles. The third kappa shape index (κ3) is 4.40. The number of rotatable bonds is 4. The van der Waals surface area contributed by atoms with Crippen molar-refractivity contribution in [3.63, 3.8) is 0 Å². The quantitative estimate of drug-likeness (QED) is 0.780. The normalized spacial score (nSPS) is 22.3. The van der Waals surface area contributed by atoms with Crippen LogP contribution in [0.3, 0.4) is 0 Å². The zero-order chi connectivity index (χ0) is 12.2. The smallest absolute Gasteiger partial charge is 0.0125 e. The molecule has 0 aliphatic carbocycles. The van der Waals surface area contributed by atoms with Gasteiger partial charge in [0.15, 0.2) is 0 Å². The highest BCUT2D eigenvalue weighted by molar-refractivity contribution is 4.81. The van der Waals surface area contributed by atoms with Crippen LogP contribution in [0.4, 0.5) is 0 Å². The predicted octanol–water partition coefficient (Wildman–Crippen LogP) is 1.26. The number of nitrogens with zero attached hydrogens (tertiary/aromatic N) is 2. The first-order valence-corrected chi connectivity index (χ1v) is 6.51. The number of nitrogens with one attached hydrogen (secondary N) is 1. The molecule has 1 atom stereocenters. The first kappa shape index (κ1) is 13.9. The zero-order valence-electron chi connectivity index (χ0n) is 11.7. The molecule has 1 N–H and O–H groups in total. The molecule has 3 heteroatoms. The summed E-state index contributed by atoms with van der Waals surface area (Å²) in [4.78, 5) is 5.01. The summed E-state index contributed by atoms with van der Waals surface area (Å²) >= 11 is 0. The molecule has 1 aliphatic rings. The Labute approximate surface area is 101 Å². The van der Waals surface area contributed by atoms with Crippen LogP contribution in [0.5, 0.6) is 0 Å². The molecule has 0 bridgehead atoms. The molecule has 1 rings (SSSR count). The largest absolute Gasteiger partial charge is 0.316 e. The number of hydrogen-bond acceptors (Lipinski definition) is 3. The lowest BCUT2D eigenvalue weighted by molar-refractivity contribution is 0.139. The van der Waals surface area contributed by atoms with Gasteiger partial charge in [0, 0.05) is 32.2 Å². The van der Waals surface area contributed by atoms with Gasteiger partial charge in [-0.2, -0.15) is 0 Å². The fraction of sp³-hybridized carbons (Fsp3) is 1.00. The molecule has 1 fully saturated rings. The summed E-state index contributed by atoms with van der Waals surface area (Å²) in [6, 6.07) is 0.618. The first-order chi connectivity index (χ1) is 7.43. The minimum absolute atomic E-state index is 0.362. The van der Waals surface area contributed by atoms with E-state index in [4.69, 9.17) is 0 Å². The average Bonchev–Trinajstić information content (AvgIpc) is 2.19. The molecule has 1 unspecified atom stereocenters. The molecule has 0 aromatic heterocycles. The second-order valence-corrected chi connectivity index (χ2v) is 6.14. The maximum atomic E-state index is 3.45. The second kappa shape index (κ2) is 5.99. The second-order valence-electron chi connectivity index (χ2n) is 6.14. The minimum atomic E-state index is 0.362. The SMILES string of the molecule is CNC(CCN1CCN(C)CC1)C(C)(C)C. The van der Waals surface area contributed by atoms with Crippen molar-refractivity contribution in [2.45, 2.75) is 33.2 Å². The van der Waals surface area contributed by atoms with E-state index in [1.54, 1.807) is 0 Å². The molecule has 0 radical (unpaired) electrons. The number of piperazine rings is 1. The van der Waals surface area contributed by atoms with Gasteiger partial charge in [0.2, 0.25) is 0 Å². The zero-order valence-corrected chi connectivity index (χ0v) is 11.7. The average molecular weight is 227 g/mol.